The van der Waals surface area contributed by atoms with Gasteiger partial charge in [-0.15, -0.1) is 5.10 Å². The highest BCUT2D eigenvalue weighted by Gasteiger charge is 2.18. The van der Waals surface area contributed by atoms with Gasteiger partial charge in [0.2, 0.25) is 5.88 Å². The molecular weight excluding hydrogens is 332 g/mol. The van der Waals surface area contributed by atoms with Crippen molar-refractivity contribution in [3.8, 4) is 17.1 Å². The van der Waals surface area contributed by atoms with E-state index in [1.165, 1.54) is 0 Å². The molecule has 0 aromatic carbocycles. The van der Waals surface area contributed by atoms with Crippen molar-refractivity contribution in [2.45, 2.75) is 32.4 Å². The van der Waals surface area contributed by atoms with Gasteiger partial charge in [0.05, 0.1) is 18.4 Å². The summed E-state index contributed by atoms with van der Waals surface area (Å²) in [5.74, 6) is 0.605. The van der Waals surface area contributed by atoms with Crippen LogP contribution in [0.1, 0.15) is 0 Å². The van der Waals surface area contributed by atoms with Gasteiger partial charge in [-0.2, -0.15) is 0 Å². The second-order valence-electron chi connectivity index (χ2n) is 7.45. The standard InChI is InChI=1S/C18H26N4O2Si/c1-21-12-15(18(20-21)23-2)16-11-14-7-6-8-19-17(14)22(16)13-24-9-10-25(3,4)5/h6-8,11-12H,9-10,13H2,1-5H3. The van der Waals surface area contributed by atoms with Gasteiger partial charge in [-0.3, -0.25) is 4.68 Å². The molecule has 7 heteroatoms. The molecule has 25 heavy (non-hydrogen) atoms. The molecule has 0 amide bonds. The van der Waals surface area contributed by atoms with Crippen LogP contribution in [-0.2, 0) is 18.5 Å². The molecule has 0 bridgehead atoms. The molecule has 0 N–H and O–H groups in total. The maximum Gasteiger partial charge on any atom is 0.241 e. The van der Waals surface area contributed by atoms with Crippen LogP contribution in [-0.4, -0.2) is 41.1 Å². The number of rotatable bonds is 7. The van der Waals surface area contributed by atoms with Crippen molar-refractivity contribution in [1.29, 1.82) is 0 Å². The summed E-state index contributed by atoms with van der Waals surface area (Å²) in [6.07, 6.45) is 3.77. The fourth-order valence-corrected chi connectivity index (χ4v) is 3.53. The molecule has 0 spiro atoms. The number of pyridine rings is 1. The van der Waals surface area contributed by atoms with Crippen LogP contribution in [0.25, 0.3) is 22.3 Å². The minimum Gasteiger partial charge on any atom is -0.479 e. The van der Waals surface area contributed by atoms with E-state index in [4.69, 9.17) is 9.47 Å². The molecule has 0 saturated heterocycles. The van der Waals surface area contributed by atoms with Crippen LogP contribution >= 0.6 is 0 Å². The molecule has 0 fully saturated rings. The van der Waals surface area contributed by atoms with Gasteiger partial charge in [0.25, 0.3) is 0 Å². The number of fused-ring (bicyclic) bond motifs is 1. The van der Waals surface area contributed by atoms with E-state index in [1.807, 2.05) is 25.5 Å². The third-order valence-corrected chi connectivity index (χ3v) is 5.84. The summed E-state index contributed by atoms with van der Waals surface area (Å²) in [6.45, 7) is 8.31. The lowest BCUT2D eigenvalue weighted by Crippen LogP contribution is -2.22. The Balaban J connectivity index is 1.95. The molecule has 3 heterocycles. The topological polar surface area (TPSA) is 54.1 Å². The maximum atomic E-state index is 5.99. The van der Waals surface area contributed by atoms with Crippen molar-refractivity contribution < 1.29 is 9.47 Å². The first-order valence-corrected chi connectivity index (χ1v) is 12.2. The molecule has 3 rings (SSSR count). The zero-order chi connectivity index (χ0) is 18.0. The number of aryl methyl sites for hydroxylation is 1. The fraction of sp³-hybridized carbons (Fsp3) is 0.444. The van der Waals surface area contributed by atoms with Crippen LogP contribution in [0, 0.1) is 0 Å². The highest BCUT2D eigenvalue weighted by molar-refractivity contribution is 6.76. The number of hydrogen-bond acceptors (Lipinski definition) is 4. The van der Waals surface area contributed by atoms with Gasteiger partial charge in [-0.1, -0.05) is 19.6 Å². The van der Waals surface area contributed by atoms with Gasteiger partial charge in [-0.05, 0) is 24.2 Å². The van der Waals surface area contributed by atoms with Gasteiger partial charge < -0.3 is 14.0 Å². The summed E-state index contributed by atoms with van der Waals surface area (Å²) in [7, 11) is 2.43. The van der Waals surface area contributed by atoms with Crippen LogP contribution in [0.4, 0.5) is 0 Å². The maximum absolute atomic E-state index is 5.99. The first-order valence-electron chi connectivity index (χ1n) is 8.49. The normalized spacial score (nSPS) is 12.0. The molecule has 3 aromatic heterocycles. The number of nitrogens with zero attached hydrogens (tertiary/aromatic N) is 4. The van der Waals surface area contributed by atoms with Crippen molar-refractivity contribution in [3.63, 3.8) is 0 Å². The van der Waals surface area contributed by atoms with Crippen molar-refractivity contribution >= 4 is 19.1 Å². The Morgan fingerprint density at radius 2 is 2.04 bits per heavy atom. The first kappa shape index (κ1) is 17.7. The summed E-state index contributed by atoms with van der Waals surface area (Å²) in [6, 6.07) is 7.27. The van der Waals surface area contributed by atoms with Crippen molar-refractivity contribution in [2.75, 3.05) is 13.7 Å². The molecule has 6 nitrogen and oxygen atoms in total. The number of hydrogen-bond donors (Lipinski definition) is 0. The molecule has 0 radical (unpaired) electrons. The third kappa shape index (κ3) is 3.93. The summed E-state index contributed by atoms with van der Waals surface area (Å²) in [5.41, 5.74) is 2.86. The number of ether oxygens (including phenoxy) is 2. The van der Waals surface area contributed by atoms with E-state index in [0.29, 0.717) is 12.6 Å². The van der Waals surface area contributed by atoms with Crippen molar-refractivity contribution in [2.24, 2.45) is 7.05 Å². The number of methoxy groups -OCH3 is 1. The lowest BCUT2D eigenvalue weighted by Gasteiger charge is -2.16. The van der Waals surface area contributed by atoms with Crippen LogP contribution in [0.3, 0.4) is 0 Å². The van der Waals surface area contributed by atoms with Gasteiger partial charge in [0, 0.05) is 39.5 Å². The third-order valence-electron chi connectivity index (χ3n) is 4.14. The molecule has 0 aliphatic heterocycles. The van der Waals surface area contributed by atoms with Crippen molar-refractivity contribution in [1.82, 2.24) is 19.3 Å². The summed E-state index contributed by atoms with van der Waals surface area (Å²) >= 11 is 0. The van der Waals surface area contributed by atoms with Gasteiger partial charge in [-0.25, -0.2) is 4.98 Å². The molecule has 134 valence electrons. The summed E-state index contributed by atoms with van der Waals surface area (Å²) in [4.78, 5) is 4.54. The highest BCUT2D eigenvalue weighted by Crippen LogP contribution is 2.32. The first-order chi connectivity index (χ1) is 11.9. The Morgan fingerprint density at radius 3 is 2.76 bits per heavy atom. The molecule has 0 atom stereocenters. The smallest absolute Gasteiger partial charge is 0.241 e. The molecular formula is C18H26N4O2Si. The lowest BCUT2D eigenvalue weighted by atomic mass is 10.2. The second-order valence-corrected chi connectivity index (χ2v) is 13.1. The van der Waals surface area contributed by atoms with E-state index in [2.05, 4.69) is 46.4 Å². The summed E-state index contributed by atoms with van der Waals surface area (Å²) < 4.78 is 15.3. The average Bonchev–Trinajstić information content (AvgIpc) is 3.10. The molecule has 0 aliphatic rings. The van der Waals surface area contributed by atoms with Crippen LogP contribution in [0.15, 0.2) is 30.6 Å². The van der Waals surface area contributed by atoms with Crippen LogP contribution < -0.4 is 4.74 Å². The SMILES string of the molecule is COc1nn(C)cc1-c1cc2cccnc2n1COCC[Si](C)(C)C. The van der Waals surface area contributed by atoms with E-state index in [-0.39, 0.29) is 0 Å². The monoisotopic (exact) mass is 358 g/mol. The Morgan fingerprint density at radius 1 is 1.24 bits per heavy atom. The Labute approximate surface area is 149 Å². The number of aromatic nitrogens is 4. The van der Waals surface area contributed by atoms with Crippen LogP contribution in [0.2, 0.25) is 25.7 Å². The Bertz CT molecular complexity index is 864. The zero-order valence-corrected chi connectivity index (χ0v) is 16.6. The van der Waals surface area contributed by atoms with E-state index in [0.717, 1.165) is 34.9 Å². The second kappa shape index (κ2) is 7.01. The zero-order valence-electron chi connectivity index (χ0n) is 15.6. The minimum atomic E-state index is -1.11. The highest BCUT2D eigenvalue weighted by atomic mass is 28.3. The van der Waals surface area contributed by atoms with E-state index in [9.17, 15) is 0 Å². The molecule has 0 saturated carbocycles. The summed E-state index contributed by atoms with van der Waals surface area (Å²) in [5, 5.41) is 5.45. The predicted molar refractivity (Wildman–Crippen MR) is 103 cm³/mol. The molecule has 3 aromatic rings. The average molecular weight is 359 g/mol. The van der Waals surface area contributed by atoms with Crippen molar-refractivity contribution in [3.05, 3.63) is 30.6 Å². The Kier molecular flexibility index (Phi) is 4.96. The van der Waals surface area contributed by atoms with Gasteiger partial charge >= 0.3 is 0 Å². The molecule has 0 unspecified atom stereocenters. The van der Waals surface area contributed by atoms with E-state index >= 15 is 0 Å². The molecule has 0 aliphatic carbocycles. The van der Waals surface area contributed by atoms with Crippen LogP contribution in [0.5, 0.6) is 5.88 Å². The van der Waals surface area contributed by atoms with Gasteiger partial charge in [0.1, 0.15) is 12.4 Å². The Hall–Kier alpha value is -2.12. The lowest BCUT2D eigenvalue weighted by molar-refractivity contribution is 0.0909. The minimum absolute atomic E-state index is 0.471. The quantitative estimate of drug-likeness (QED) is 0.477. The largest absolute Gasteiger partial charge is 0.479 e. The predicted octanol–water partition coefficient (Wildman–Crippen LogP) is 3.76. The fourth-order valence-electron chi connectivity index (χ4n) is 2.77. The van der Waals surface area contributed by atoms with E-state index in [1.54, 1.807) is 11.8 Å². The van der Waals surface area contributed by atoms with Gasteiger partial charge in [0.15, 0.2) is 0 Å². The van der Waals surface area contributed by atoms with E-state index < -0.39 is 8.07 Å².